The van der Waals surface area contributed by atoms with E-state index in [2.05, 4.69) is 32.2 Å². The van der Waals surface area contributed by atoms with E-state index >= 15 is 0 Å². The molecule has 3 saturated carbocycles. The van der Waals surface area contributed by atoms with E-state index in [1.807, 2.05) is 49.4 Å². The van der Waals surface area contributed by atoms with E-state index in [-0.39, 0.29) is 35.4 Å². The number of ether oxygens (including phenoxy) is 1. The Kier molecular flexibility index (Phi) is 6.11. The molecule has 0 unspecified atom stereocenters. The second kappa shape index (κ2) is 9.21. The maximum absolute atomic E-state index is 13.1. The molecule has 5 atom stereocenters. The highest BCUT2D eigenvalue weighted by Crippen LogP contribution is 2.65. The van der Waals surface area contributed by atoms with Crippen LogP contribution in [0.25, 0.3) is 10.8 Å². The van der Waals surface area contributed by atoms with Gasteiger partial charge in [-0.2, -0.15) is 0 Å². The van der Waals surface area contributed by atoms with Gasteiger partial charge in [0.2, 0.25) is 5.91 Å². The number of nitrogens with one attached hydrogen (secondary N) is 1. The first-order chi connectivity index (χ1) is 17.7. The lowest BCUT2D eigenvalue weighted by molar-refractivity contribution is -0.199. The second-order valence-corrected chi connectivity index (χ2v) is 11.9. The molecule has 2 bridgehead atoms. The molecular weight excluding hydrogens is 465 g/mol. The fourth-order valence-corrected chi connectivity index (χ4v) is 6.87. The Morgan fingerprint density at radius 1 is 1.14 bits per heavy atom. The first-order valence-corrected chi connectivity index (χ1v) is 13.5. The molecule has 1 aliphatic heterocycles. The van der Waals surface area contributed by atoms with Crippen molar-refractivity contribution in [1.82, 2.24) is 5.32 Å². The Balaban J connectivity index is 1.17. The van der Waals surface area contributed by atoms with E-state index in [1.54, 1.807) is 6.26 Å². The third-order valence-corrected chi connectivity index (χ3v) is 9.26. The highest BCUT2D eigenvalue weighted by atomic mass is 16.7. The molecule has 37 heavy (non-hydrogen) atoms. The van der Waals surface area contributed by atoms with Crippen LogP contribution in [0.15, 0.2) is 59.2 Å². The van der Waals surface area contributed by atoms with E-state index in [1.165, 1.54) is 12.0 Å². The molecule has 3 aromatic rings. The Labute approximate surface area is 219 Å². The Morgan fingerprint density at radius 3 is 2.70 bits per heavy atom. The standard InChI is InChI=1S/C30H36BNO5/c1-19-9-11-22(12-10-19)34-14-13-28(33)32-27(17-24-23-8-6-5-7-20(23)18-35-24)31-36-26-16-21-15-25(29(21,2)3)30(26,4)37-31/h5-12,18,21,25-27H,13-17H2,1-4H3,(H,32,33)/t21-,25-,26+,27-,30-/m0/s1. The van der Waals surface area contributed by atoms with Crippen molar-refractivity contribution in [2.24, 2.45) is 17.3 Å². The van der Waals surface area contributed by atoms with Crippen LogP contribution in [-0.2, 0) is 20.5 Å². The molecule has 0 radical (unpaired) electrons. The van der Waals surface area contributed by atoms with Crippen LogP contribution in [0.3, 0.4) is 0 Å². The summed E-state index contributed by atoms with van der Waals surface area (Å²) >= 11 is 0. The zero-order valence-corrected chi connectivity index (χ0v) is 22.2. The number of amides is 1. The summed E-state index contributed by atoms with van der Waals surface area (Å²) in [5.41, 5.74) is 1.09. The van der Waals surface area contributed by atoms with Crippen LogP contribution in [0.5, 0.6) is 5.75 Å². The topological polar surface area (TPSA) is 69.9 Å². The Hall–Kier alpha value is -2.77. The van der Waals surface area contributed by atoms with Crippen LogP contribution in [0.2, 0.25) is 0 Å². The number of fused-ring (bicyclic) bond motifs is 1. The number of aryl methyl sites for hydroxylation is 1. The van der Waals surface area contributed by atoms with Gasteiger partial charge in [-0.25, -0.2) is 0 Å². The molecule has 1 amide bonds. The number of hydrogen-bond acceptors (Lipinski definition) is 5. The van der Waals surface area contributed by atoms with Gasteiger partial charge in [0.15, 0.2) is 0 Å². The zero-order chi connectivity index (χ0) is 25.8. The van der Waals surface area contributed by atoms with Crippen molar-refractivity contribution in [3.63, 3.8) is 0 Å². The summed E-state index contributed by atoms with van der Waals surface area (Å²) in [5.74, 6) is 2.25. The first kappa shape index (κ1) is 24.6. The molecule has 194 valence electrons. The highest BCUT2D eigenvalue weighted by Gasteiger charge is 2.68. The fraction of sp³-hybridized carbons (Fsp3) is 0.500. The summed E-state index contributed by atoms with van der Waals surface area (Å²) in [5, 5.41) is 5.30. The molecule has 1 saturated heterocycles. The number of carbonyl (C=O) groups is 1. The highest BCUT2D eigenvalue weighted by molar-refractivity contribution is 6.48. The molecule has 6 nitrogen and oxygen atoms in total. The van der Waals surface area contributed by atoms with Crippen LogP contribution < -0.4 is 10.1 Å². The average Bonchev–Trinajstić information content (AvgIpc) is 3.45. The van der Waals surface area contributed by atoms with Gasteiger partial charge in [0.25, 0.3) is 0 Å². The molecule has 1 N–H and O–H groups in total. The van der Waals surface area contributed by atoms with Crippen molar-refractivity contribution in [3.05, 3.63) is 66.1 Å². The van der Waals surface area contributed by atoms with Gasteiger partial charge in [-0.05, 0) is 56.1 Å². The summed E-state index contributed by atoms with van der Waals surface area (Å²) in [6.45, 7) is 9.25. The van der Waals surface area contributed by atoms with Crippen LogP contribution >= 0.6 is 0 Å². The van der Waals surface area contributed by atoms with E-state index in [0.29, 0.717) is 24.9 Å². The molecule has 1 aromatic heterocycles. The summed E-state index contributed by atoms with van der Waals surface area (Å²) in [6, 6.07) is 15.9. The minimum Gasteiger partial charge on any atom is -0.493 e. The third-order valence-electron chi connectivity index (χ3n) is 9.26. The van der Waals surface area contributed by atoms with Gasteiger partial charge in [-0.15, -0.1) is 0 Å². The maximum Gasteiger partial charge on any atom is 0.482 e. The van der Waals surface area contributed by atoms with Crippen molar-refractivity contribution in [1.29, 1.82) is 0 Å². The maximum atomic E-state index is 13.1. The van der Waals surface area contributed by atoms with E-state index in [4.69, 9.17) is 18.5 Å². The molecule has 4 aliphatic rings. The Bertz CT molecular complexity index is 1290. The summed E-state index contributed by atoms with van der Waals surface area (Å²) in [6.07, 6.45) is 4.75. The lowest BCUT2D eigenvalue weighted by Gasteiger charge is -2.64. The number of furan rings is 1. The van der Waals surface area contributed by atoms with Crippen molar-refractivity contribution in [3.8, 4) is 5.75 Å². The van der Waals surface area contributed by atoms with Crippen molar-refractivity contribution in [2.45, 2.75) is 71.0 Å². The normalized spacial score (nSPS) is 28.4. The van der Waals surface area contributed by atoms with Crippen LogP contribution in [0, 0.1) is 24.2 Å². The van der Waals surface area contributed by atoms with E-state index in [0.717, 1.165) is 28.7 Å². The molecule has 0 spiro atoms. The lowest BCUT2D eigenvalue weighted by atomic mass is 9.43. The van der Waals surface area contributed by atoms with Crippen LogP contribution in [-0.4, -0.2) is 37.3 Å². The van der Waals surface area contributed by atoms with Crippen molar-refractivity contribution < 1.29 is 23.3 Å². The predicted molar refractivity (Wildman–Crippen MR) is 143 cm³/mol. The quantitative estimate of drug-likeness (QED) is 0.413. The molecule has 2 aromatic carbocycles. The smallest absolute Gasteiger partial charge is 0.482 e. The minimum atomic E-state index is -0.532. The van der Waals surface area contributed by atoms with Crippen LogP contribution in [0.4, 0.5) is 0 Å². The van der Waals surface area contributed by atoms with E-state index < -0.39 is 7.12 Å². The molecular formula is C30H36BNO5. The zero-order valence-electron chi connectivity index (χ0n) is 22.2. The first-order valence-electron chi connectivity index (χ1n) is 13.5. The van der Waals surface area contributed by atoms with Crippen molar-refractivity contribution >= 4 is 23.8 Å². The number of rotatable bonds is 8. The van der Waals surface area contributed by atoms with Gasteiger partial charge >= 0.3 is 7.12 Å². The van der Waals surface area contributed by atoms with Gasteiger partial charge < -0.3 is 23.8 Å². The fourth-order valence-electron chi connectivity index (χ4n) is 6.87. The largest absolute Gasteiger partial charge is 0.493 e. The molecule has 3 aliphatic carbocycles. The second-order valence-electron chi connectivity index (χ2n) is 11.9. The van der Waals surface area contributed by atoms with Gasteiger partial charge in [0, 0.05) is 17.2 Å². The van der Waals surface area contributed by atoms with E-state index in [9.17, 15) is 4.79 Å². The molecule has 2 heterocycles. The summed E-state index contributed by atoms with van der Waals surface area (Å²) in [4.78, 5) is 13.1. The van der Waals surface area contributed by atoms with Gasteiger partial charge in [0.05, 0.1) is 36.9 Å². The predicted octanol–water partition coefficient (Wildman–Crippen LogP) is 5.51. The van der Waals surface area contributed by atoms with Gasteiger partial charge in [-0.3, -0.25) is 4.79 Å². The SMILES string of the molecule is Cc1ccc(OCCC(=O)N[C@@H](Cc2occ3ccccc23)B2O[C@@H]3C[C@@H]4C[C@@H](C4(C)C)[C@]3(C)O2)cc1. The average molecular weight is 501 g/mol. The van der Waals surface area contributed by atoms with Gasteiger partial charge in [-0.1, -0.05) is 55.8 Å². The monoisotopic (exact) mass is 501 g/mol. The van der Waals surface area contributed by atoms with Crippen molar-refractivity contribution in [2.75, 3.05) is 6.61 Å². The lowest BCUT2D eigenvalue weighted by Crippen LogP contribution is -2.65. The van der Waals surface area contributed by atoms with Gasteiger partial charge in [0.1, 0.15) is 11.5 Å². The summed E-state index contributed by atoms with van der Waals surface area (Å²) < 4.78 is 25.0. The third kappa shape index (κ3) is 4.36. The minimum absolute atomic E-state index is 0.0480. The molecule has 4 fully saturated rings. The molecule has 7 heteroatoms. The molecule has 7 rings (SSSR count). The number of hydrogen-bond donors (Lipinski definition) is 1. The summed E-state index contributed by atoms with van der Waals surface area (Å²) in [7, 11) is -0.532. The number of benzene rings is 2. The van der Waals surface area contributed by atoms with Crippen LogP contribution in [0.1, 0.15) is 51.4 Å². The Morgan fingerprint density at radius 2 is 1.92 bits per heavy atom. The number of carbonyl (C=O) groups excluding carboxylic acids is 1.